The minimum atomic E-state index is -1.06. The van der Waals surface area contributed by atoms with Gasteiger partial charge in [-0.1, -0.05) is 26.8 Å². The molecule has 1 nitrogen and oxygen atoms in total. The number of hydrogen-bond donors (Lipinski definition) is 0. The van der Waals surface area contributed by atoms with Crippen molar-refractivity contribution in [1.82, 2.24) is 0 Å². The van der Waals surface area contributed by atoms with Gasteiger partial charge in [-0.05, 0) is 17.0 Å². The summed E-state index contributed by atoms with van der Waals surface area (Å²) in [6.07, 6.45) is 0. The number of hydrogen-bond acceptors (Lipinski definition) is 1. The van der Waals surface area contributed by atoms with Crippen molar-refractivity contribution >= 4 is 0 Å². The monoisotopic (exact) mass is 195 g/mol. The van der Waals surface area contributed by atoms with Crippen LogP contribution < -0.4 is 0 Å². The van der Waals surface area contributed by atoms with Gasteiger partial charge in [-0.15, -0.1) is 0 Å². The van der Waals surface area contributed by atoms with Crippen molar-refractivity contribution in [3.05, 3.63) is 34.9 Å². The highest BCUT2D eigenvalue weighted by atomic mass is 19.2. The first kappa shape index (κ1) is 10.6. The van der Waals surface area contributed by atoms with E-state index in [1.165, 1.54) is 12.1 Å². The molecule has 0 unspecified atom stereocenters. The van der Waals surface area contributed by atoms with E-state index in [4.69, 9.17) is 5.26 Å². The summed E-state index contributed by atoms with van der Waals surface area (Å²) in [4.78, 5) is 0. The third-order valence-corrected chi connectivity index (χ3v) is 2.01. The Labute approximate surface area is 82.0 Å². The molecule has 0 aromatic heterocycles. The van der Waals surface area contributed by atoms with Crippen LogP contribution in [0, 0.1) is 23.0 Å². The van der Waals surface area contributed by atoms with Crippen LogP contribution in [0.4, 0.5) is 8.78 Å². The number of nitriles is 1. The van der Waals surface area contributed by atoms with Crippen LogP contribution in [0.3, 0.4) is 0 Å². The van der Waals surface area contributed by atoms with Gasteiger partial charge in [-0.25, -0.2) is 8.78 Å². The Morgan fingerprint density at radius 3 is 2.14 bits per heavy atom. The average molecular weight is 195 g/mol. The fraction of sp³-hybridized carbons (Fsp3) is 0.364. The fourth-order valence-corrected chi connectivity index (χ4v) is 1.22. The number of rotatable bonds is 0. The van der Waals surface area contributed by atoms with Gasteiger partial charge in [-0.2, -0.15) is 5.26 Å². The molecule has 0 N–H and O–H groups in total. The maximum Gasteiger partial charge on any atom is 0.176 e. The highest BCUT2D eigenvalue weighted by Gasteiger charge is 2.22. The van der Waals surface area contributed by atoms with Crippen molar-refractivity contribution in [2.24, 2.45) is 0 Å². The first-order valence-corrected chi connectivity index (χ1v) is 4.26. The summed E-state index contributed by atoms with van der Waals surface area (Å²) in [5, 5.41) is 8.48. The van der Waals surface area contributed by atoms with Gasteiger partial charge in [0.15, 0.2) is 11.6 Å². The van der Waals surface area contributed by atoms with E-state index in [9.17, 15) is 8.78 Å². The Morgan fingerprint density at radius 1 is 1.14 bits per heavy atom. The Kier molecular flexibility index (Phi) is 2.57. The Bertz CT molecular complexity index is 397. The first-order valence-electron chi connectivity index (χ1n) is 4.26. The van der Waals surface area contributed by atoms with Gasteiger partial charge < -0.3 is 0 Å². The van der Waals surface area contributed by atoms with Crippen molar-refractivity contribution in [1.29, 1.82) is 5.26 Å². The van der Waals surface area contributed by atoms with Gasteiger partial charge in [0, 0.05) is 0 Å². The summed E-state index contributed by atoms with van der Waals surface area (Å²) in [5.74, 6) is -1.98. The van der Waals surface area contributed by atoms with Crippen LogP contribution in [0.15, 0.2) is 12.1 Å². The standard InChI is InChI=1S/C11H11F2N/c1-11(2,3)8-5-4-7(6-14)9(12)10(8)13/h4-5H,1-3H3. The molecule has 0 radical (unpaired) electrons. The van der Waals surface area contributed by atoms with Crippen LogP contribution in [0.1, 0.15) is 31.9 Å². The quantitative estimate of drug-likeness (QED) is 0.623. The van der Waals surface area contributed by atoms with Crippen LogP contribution in [-0.4, -0.2) is 0 Å². The van der Waals surface area contributed by atoms with E-state index in [-0.39, 0.29) is 11.1 Å². The van der Waals surface area contributed by atoms with E-state index < -0.39 is 17.0 Å². The van der Waals surface area contributed by atoms with E-state index in [1.807, 2.05) is 0 Å². The van der Waals surface area contributed by atoms with Crippen LogP contribution in [0.25, 0.3) is 0 Å². The SMILES string of the molecule is CC(C)(C)c1ccc(C#N)c(F)c1F. The summed E-state index contributed by atoms with van der Waals surface area (Å²) in [5.41, 5.74) is -0.427. The molecule has 0 fully saturated rings. The summed E-state index contributed by atoms with van der Waals surface area (Å²) in [6.45, 7) is 5.37. The molecule has 1 rings (SSSR count). The highest BCUT2D eigenvalue weighted by Crippen LogP contribution is 2.27. The van der Waals surface area contributed by atoms with Crippen LogP contribution >= 0.6 is 0 Å². The molecule has 1 aromatic carbocycles. The van der Waals surface area contributed by atoms with E-state index in [2.05, 4.69) is 0 Å². The van der Waals surface area contributed by atoms with Gasteiger partial charge in [0.2, 0.25) is 0 Å². The molecule has 0 saturated heterocycles. The number of halogens is 2. The van der Waals surface area contributed by atoms with Crippen molar-refractivity contribution in [2.75, 3.05) is 0 Å². The van der Waals surface area contributed by atoms with Crippen molar-refractivity contribution in [2.45, 2.75) is 26.2 Å². The molecule has 0 aliphatic rings. The summed E-state index contributed by atoms with van der Waals surface area (Å²) in [6, 6.07) is 4.36. The first-order chi connectivity index (χ1) is 6.38. The Morgan fingerprint density at radius 2 is 1.71 bits per heavy atom. The maximum absolute atomic E-state index is 13.4. The molecule has 1 aromatic rings. The lowest BCUT2D eigenvalue weighted by Crippen LogP contribution is -2.15. The minimum absolute atomic E-state index is 0.254. The molecule has 0 aliphatic carbocycles. The van der Waals surface area contributed by atoms with Crippen LogP contribution in [0.2, 0.25) is 0 Å². The normalized spacial score (nSPS) is 11.1. The van der Waals surface area contributed by atoms with E-state index in [0.717, 1.165) is 0 Å². The largest absolute Gasteiger partial charge is 0.203 e. The predicted molar refractivity (Wildman–Crippen MR) is 49.8 cm³/mol. The summed E-state index contributed by atoms with van der Waals surface area (Å²) < 4.78 is 26.6. The molecule has 74 valence electrons. The molecule has 0 aliphatic heterocycles. The molecule has 0 amide bonds. The summed E-state index contributed by atoms with van der Waals surface area (Å²) >= 11 is 0. The lowest BCUT2D eigenvalue weighted by atomic mass is 9.86. The van der Waals surface area contributed by atoms with Gasteiger partial charge in [0.05, 0.1) is 5.56 Å². The smallest absolute Gasteiger partial charge is 0.176 e. The minimum Gasteiger partial charge on any atom is -0.203 e. The molecule has 0 spiro atoms. The number of nitrogens with zero attached hydrogens (tertiary/aromatic N) is 1. The van der Waals surface area contributed by atoms with E-state index in [0.29, 0.717) is 0 Å². The Hall–Kier alpha value is -1.43. The zero-order valence-corrected chi connectivity index (χ0v) is 8.36. The van der Waals surface area contributed by atoms with Crippen molar-refractivity contribution in [3.8, 4) is 6.07 Å². The van der Waals surface area contributed by atoms with Crippen molar-refractivity contribution in [3.63, 3.8) is 0 Å². The topological polar surface area (TPSA) is 23.8 Å². The number of benzene rings is 1. The van der Waals surface area contributed by atoms with Gasteiger partial charge in [0.25, 0.3) is 0 Å². The molecule has 3 heteroatoms. The second-order valence-electron chi connectivity index (χ2n) is 4.15. The van der Waals surface area contributed by atoms with E-state index in [1.54, 1.807) is 26.8 Å². The van der Waals surface area contributed by atoms with Crippen LogP contribution in [-0.2, 0) is 5.41 Å². The zero-order valence-electron chi connectivity index (χ0n) is 8.36. The molecule has 0 saturated carbocycles. The van der Waals surface area contributed by atoms with Crippen LogP contribution in [0.5, 0.6) is 0 Å². The van der Waals surface area contributed by atoms with Crippen molar-refractivity contribution < 1.29 is 8.78 Å². The molecular formula is C11H11F2N. The third-order valence-electron chi connectivity index (χ3n) is 2.01. The third kappa shape index (κ3) is 1.74. The summed E-state index contributed by atoms with van der Waals surface area (Å²) in [7, 11) is 0. The average Bonchev–Trinajstić information content (AvgIpc) is 2.07. The zero-order chi connectivity index (χ0) is 10.9. The Balaban J connectivity index is 3.41. The lowest BCUT2D eigenvalue weighted by Gasteiger charge is -2.19. The predicted octanol–water partition coefficient (Wildman–Crippen LogP) is 3.13. The lowest BCUT2D eigenvalue weighted by molar-refractivity contribution is 0.463. The fourth-order valence-electron chi connectivity index (χ4n) is 1.22. The maximum atomic E-state index is 13.4. The molecule has 0 bridgehead atoms. The van der Waals surface area contributed by atoms with Gasteiger partial charge in [0.1, 0.15) is 6.07 Å². The van der Waals surface area contributed by atoms with Gasteiger partial charge >= 0.3 is 0 Å². The van der Waals surface area contributed by atoms with E-state index >= 15 is 0 Å². The molecular weight excluding hydrogens is 184 g/mol. The van der Waals surface area contributed by atoms with Gasteiger partial charge in [-0.3, -0.25) is 0 Å². The molecule has 0 heterocycles. The second-order valence-corrected chi connectivity index (χ2v) is 4.15. The highest BCUT2D eigenvalue weighted by molar-refractivity contribution is 5.37. The second kappa shape index (κ2) is 3.38. The molecule has 14 heavy (non-hydrogen) atoms. The molecule has 0 atom stereocenters.